The molecule has 0 radical (unpaired) electrons. The molecule has 0 fully saturated rings. The highest BCUT2D eigenvalue weighted by atomic mass is 32.1. The molecular weight excluding hydrogens is 385 g/mol. The Morgan fingerprint density at radius 1 is 1.04 bits per heavy atom. The first-order chi connectivity index (χ1) is 12.7. The molecule has 8 heteroatoms. The van der Waals surface area contributed by atoms with Gasteiger partial charge >= 0.3 is 7.82 Å². The molecule has 3 aromatic rings. The van der Waals surface area contributed by atoms with E-state index in [-0.39, 0.29) is 6.10 Å². The Hall–Kier alpha value is -1.73. The summed E-state index contributed by atoms with van der Waals surface area (Å²) in [5.74, 6) is 0.968. The fraction of sp³-hybridized carbons (Fsp3) is 0.263. The second-order valence-electron chi connectivity index (χ2n) is 6.20. The molecule has 3 N–H and O–H groups in total. The van der Waals surface area contributed by atoms with Crippen LogP contribution in [0.3, 0.4) is 0 Å². The van der Waals surface area contributed by atoms with Gasteiger partial charge in [0.05, 0.1) is 0 Å². The summed E-state index contributed by atoms with van der Waals surface area (Å²) in [6.45, 7) is 1.01. The van der Waals surface area contributed by atoms with Crippen molar-refractivity contribution in [1.82, 2.24) is 4.90 Å². The van der Waals surface area contributed by atoms with E-state index in [4.69, 9.17) is 24.0 Å². The summed E-state index contributed by atoms with van der Waals surface area (Å²) in [6.07, 6.45) is 1.09. The Kier molecular flexibility index (Phi) is 7.98. The van der Waals surface area contributed by atoms with E-state index in [1.165, 1.54) is 15.6 Å². The second kappa shape index (κ2) is 9.99. The van der Waals surface area contributed by atoms with Crippen LogP contribution in [0.4, 0.5) is 0 Å². The van der Waals surface area contributed by atoms with Gasteiger partial charge in [-0.1, -0.05) is 42.5 Å². The van der Waals surface area contributed by atoms with Gasteiger partial charge in [-0.05, 0) is 37.0 Å². The number of rotatable bonds is 6. The summed E-state index contributed by atoms with van der Waals surface area (Å²) in [7, 11) is -0.438. The zero-order valence-corrected chi connectivity index (χ0v) is 16.9. The van der Waals surface area contributed by atoms with E-state index >= 15 is 0 Å². The van der Waals surface area contributed by atoms with Gasteiger partial charge < -0.3 is 24.3 Å². The predicted molar refractivity (Wildman–Crippen MR) is 109 cm³/mol. The van der Waals surface area contributed by atoms with Crippen LogP contribution in [0.2, 0.25) is 0 Å². The van der Waals surface area contributed by atoms with E-state index in [1.54, 1.807) is 11.3 Å². The molecule has 0 bridgehead atoms. The van der Waals surface area contributed by atoms with Crippen molar-refractivity contribution >= 4 is 29.9 Å². The average Bonchev–Trinajstić information content (AvgIpc) is 3.11. The fourth-order valence-corrected chi connectivity index (χ4v) is 3.35. The molecule has 0 amide bonds. The van der Waals surface area contributed by atoms with Gasteiger partial charge in [0, 0.05) is 23.2 Å². The summed E-state index contributed by atoms with van der Waals surface area (Å²) < 4.78 is 15.3. The molecule has 146 valence electrons. The molecule has 0 aliphatic rings. The van der Waals surface area contributed by atoms with E-state index < -0.39 is 7.82 Å². The van der Waals surface area contributed by atoms with E-state index in [0.717, 1.165) is 18.7 Å². The minimum atomic E-state index is -4.64. The Labute approximate surface area is 162 Å². The monoisotopic (exact) mass is 409 g/mol. The van der Waals surface area contributed by atoms with Crippen LogP contribution in [0.1, 0.15) is 17.4 Å². The maximum Gasteiger partial charge on any atom is 0.466 e. The summed E-state index contributed by atoms with van der Waals surface area (Å²) in [6, 6.07) is 18.9. The number of hydrogen-bond donors (Lipinski definition) is 3. The molecule has 3 rings (SSSR count). The number of thiophene rings is 1. The zero-order chi connectivity index (χ0) is 19.9. The van der Waals surface area contributed by atoms with Crippen molar-refractivity contribution in [3.05, 3.63) is 64.9 Å². The molecule has 0 saturated heterocycles. The second-order valence-corrected chi connectivity index (χ2v) is 8.21. The van der Waals surface area contributed by atoms with E-state index in [0.29, 0.717) is 0 Å². The van der Waals surface area contributed by atoms with Crippen LogP contribution >= 0.6 is 19.2 Å². The highest BCUT2D eigenvalue weighted by molar-refractivity contribution is 7.45. The number of benzene rings is 2. The van der Waals surface area contributed by atoms with Gasteiger partial charge in [0.25, 0.3) is 0 Å². The third kappa shape index (κ3) is 7.81. The van der Waals surface area contributed by atoms with Crippen molar-refractivity contribution in [3.63, 3.8) is 0 Å². The predicted octanol–water partition coefficient (Wildman–Crippen LogP) is 4.04. The van der Waals surface area contributed by atoms with E-state index in [2.05, 4.69) is 79.0 Å². The number of nitrogens with zero attached hydrogens (tertiary/aromatic N) is 1. The van der Waals surface area contributed by atoms with Gasteiger partial charge in [0.15, 0.2) is 0 Å². The normalized spacial score (nSPS) is 12.5. The van der Waals surface area contributed by atoms with Crippen LogP contribution in [-0.2, 0) is 4.57 Å². The van der Waals surface area contributed by atoms with Crippen molar-refractivity contribution in [3.8, 4) is 5.75 Å². The summed E-state index contributed by atoms with van der Waals surface area (Å²) >= 11 is 1.76. The topological polar surface area (TPSA) is 90.2 Å². The number of phosphoric acid groups is 1. The molecule has 0 unspecified atom stereocenters. The summed E-state index contributed by atoms with van der Waals surface area (Å²) in [5, 5.41) is 4.51. The van der Waals surface area contributed by atoms with Crippen molar-refractivity contribution < 1.29 is 24.0 Å². The first-order valence-electron chi connectivity index (χ1n) is 8.35. The van der Waals surface area contributed by atoms with Gasteiger partial charge in [-0.25, -0.2) is 4.57 Å². The first-order valence-corrected chi connectivity index (χ1v) is 10.8. The number of fused-ring (bicyclic) bond motifs is 1. The van der Waals surface area contributed by atoms with E-state index in [9.17, 15) is 0 Å². The Morgan fingerprint density at radius 3 is 2.33 bits per heavy atom. The lowest BCUT2D eigenvalue weighted by Crippen LogP contribution is -2.18. The average molecular weight is 409 g/mol. The third-order valence-electron chi connectivity index (χ3n) is 3.72. The molecule has 0 aliphatic heterocycles. The molecule has 2 aromatic carbocycles. The Bertz CT molecular complexity index is 865. The van der Waals surface area contributed by atoms with Crippen LogP contribution in [-0.4, -0.2) is 40.2 Å². The van der Waals surface area contributed by atoms with Crippen LogP contribution in [0.15, 0.2) is 60.0 Å². The van der Waals surface area contributed by atoms with Crippen LogP contribution in [0.5, 0.6) is 5.75 Å². The van der Waals surface area contributed by atoms with Gasteiger partial charge in [-0.3, -0.25) is 0 Å². The van der Waals surface area contributed by atoms with Gasteiger partial charge in [0.2, 0.25) is 0 Å². The van der Waals surface area contributed by atoms with Crippen molar-refractivity contribution in [2.24, 2.45) is 0 Å². The standard InChI is InChI=1S/C19H21NOS.H3O4P/c1-20(2)13-12-18(19-11-6-14-22-19)21-17-10-5-8-15-7-3-4-9-16(15)17;1-5(2,3)4/h3-11,14,18H,12-13H2,1-2H3;(H3,1,2,3,4)/t18-;/m1./s1. The Morgan fingerprint density at radius 2 is 1.70 bits per heavy atom. The van der Waals surface area contributed by atoms with Crippen molar-refractivity contribution in [2.45, 2.75) is 12.5 Å². The third-order valence-corrected chi connectivity index (χ3v) is 4.68. The molecule has 0 saturated carbocycles. The zero-order valence-electron chi connectivity index (χ0n) is 15.2. The van der Waals surface area contributed by atoms with Gasteiger partial charge in [-0.2, -0.15) is 0 Å². The molecular formula is C19H24NO5PS. The summed E-state index contributed by atoms with van der Waals surface area (Å²) in [5.41, 5.74) is 0. The lowest BCUT2D eigenvalue weighted by Gasteiger charge is -2.21. The van der Waals surface area contributed by atoms with Gasteiger partial charge in [-0.15, -0.1) is 11.3 Å². The summed E-state index contributed by atoms with van der Waals surface area (Å²) in [4.78, 5) is 25.1. The lowest BCUT2D eigenvalue weighted by atomic mass is 10.1. The lowest BCUT2D eigenvalue weighted by molar-refractivity contribution is 0.185. The van der Waals surface area contributed by atoms with Gasteiger partial charge in [0.1, 0.15) is 11.9 Å². The van der Waals surface area contributed by atoms with Crippen LogP contribution in [0.25, 0.3) is 10.8 Å². The molecule has 27 heavy (non-hydrogen) atoms. The molecule has 6 nitrogen and oxygen atoms in total. The number of hydrogen-bond acceptors (Lipinski definition) is 4. The largest absolute Gasteiger partial charge is 0.484 e. The first kappa shape index (κ1) is 21.6. The minimum absolute atomic E-state index is 0.105. The minimum Gasteiger partial charge on any atom is -0.484 e. The SMILES string of the molecule is CN(C)CC[C@@H](Oc1cccc2ccccc12)c1cccs1.O=P(O)(O)O. The molecule has 0 aliphatic carbocycles. The smallest absolute Gasteiger partial charge is 0.466 e. The quantitative estimate of drug-likeness (QED) is 0.533. The molecule has 0 spiro atoms. The van der Waals surface area contributed by atoms with Crippen molar-refractivity contribution in [1.29, 1.82) is 0 Å². The Balaban J connectivity index is 0.000000465. The van der Waals surface area contributed by atoms with Crippen molar-refractivity contribution in [2.75, 3.05) is 20.6 Å². The molecule has 1 heterocycles. The maximum absolute atomic E-state index is 8.88. The van der Waals surface area contributed by atoms with Crippen LogP contribution in [0, 0.1) is 0 Å². The van der Waals surface area contributed by atoms with E-state index in [1.807, 2.05) is 0 Å². The maximum atomic E-state index is 8.88. The van der Waals surface area contributed by atoms with Crippen LogP contribution < -0.4 is 4.74 Å². The molecule has 1 atom stereocenters. The highest BCUT2D eigenvalue weighted by Gasteiger charge is 2.16. The molecule has 1 aromatic heterocycles. The highest BCUT2D eigenvalue weighted by Crippen LogP contribution is 2.32. The number of ether oxygens (including phenoxy) is 1. The fourth-order valence-electron chi connectivity index (χ4n) is 2.56.